The van der Waals surface area contributed by atoms with Gasteiger partial charge < -0.3 is 19.0 Å². The minimum Gasteiger partial charge on any atom is -0.467 e. The number of imidazole rings is 1. The molecule has 0 bridgehead atoms. The molecule has 1 aliphatic rings. The number of aliphatic hydroxyl groups excluding tert-OH is 1. The fourth-order valence-corrected chi connectivity index (χ4v) is 4.76. The molecule has 1 fully saturated rings. The number of furan rings is 1. The maximum absolute atomic E-state index is 9.24. The van der Waals surface area contributed by atoms with Crippen molar-refractivity contribution in [3.05, 3.63) is 52.9 Å². The van der Waals surface area contributed by atoms with Gasteiger partial charge in [-0.3, -0.25) is 0 Å². The molecule has 0 aliphatic carbocycles. The molecule has 4 aromatic heterocycles. The molecule has 150 valence electrons. The second-order valence-corrected chi connectivity index (χ2v) is 8.43. The topological polar surface area (TPSA) is 93.1 Å². The molecule has 0 unspecified atom stereocenters. The first-order chi connectivity index (χ1) is 14.2. The molecule has 0 aromatic carbocycles. The molecule has 0 spiro atoms. The Morgan fingerprint density at radius 3 is 3.03 bits per heavy atom. The van der Waals surface area contributed by atoms with Gasteiger partial charge in [-0.05, 0) is 30.9 Å². The lowest BCUT2D eigenvalue weighted by Gasteiger charge is -2.38. The van der Waals surface area contributed by atoms with E-state index >= 15 is 0 Å². The van der Waals surface area contributed by atoms with Crippen LogP contribution in [0.2, 0.25) is 0 Å². The van der Waals surface area contributed by atoms with Crippen LogP contribution in [-0.2, 0) is 13.2 Å². The highest BCUT2D eigenvalue weighted by Gasteiger charge is 2.32. The number of nitrogens with zero attached hydrogens (tertiary/aromatic N) is 6. The van der Waals surface area contributed by atoms with E-state index in [9.17, 15) is 5.11 Å². The highest BCUT2D eigenvalue weighted by atomic mass is 32.1. The second-order valence-electron chi connectivity index (χ2n) is 7.49. The molecule has 5 heterocycles. The van der Waals surface area contributed by atoms with Crippen LogP contribution in [0.4, 0.5) is 5.82 Å². The molecule has 9 heteroatoms. The number of anilines is 1. The van der Waals surface area contributed by atoms with Crippen LogP contribution in [0.5, 0.6) is 0 Å². The lowest BCUT2D eigenvalue weighted by Crippen LogP contribution is -2.36. The molecule has 2 atom stereocenters. The van der Waals surface area contributed by atoms with Crippen molar-refractivity contribution in [1.82, 2.24) is 24.5 Å². The molecule has 8 nitrogen and oxygen atoms in total. The minimum absolute atomic E-state index is 0.0466. The summed E-state index contributed by atoms with van der Waals surface area (Å²) in [5, 5.41) is 12.0. The first-order valence-corrected chi connectivity index (χ1v) is 10.6. The molecule has 0 radical (unpaired) electrons. The Labute approximate surface area is 171 Å². The van der Waals surface area contributed by atoms with E-state index in [2.05, 4.69) is 31.8 Å². The minimum atomic E-state index is -0.0466. The van der Waals surface area contributed by atoms with Crippen LogP contribution in [0.15, 0.2) is 40.8 Å². The van der Waals surface area contributed by atoms with E-state index in [0.29, 0.717) is 18.2 Å². The van der Waals surface area contributed by atoms with E-state index in [1.807, 2.05) is 22.1 Å². The molecular formula is C20H22N6O2S. The van der Waals surface area contributed by atoms with Crippen LogP contribution in [0, 0.1) is 5.92 Å². The van der Waals surface area contributed by atoms with Gasteiger partial charge in [-0.2, -0.15) is 0 Å². The Balaban J connectivity index is 1.51. The van der Waals surface area contributed by atoms with E-state index in [0.717, 1.165) is 47.1 Å². The highest BCUT2D eigenvalue weighted by Crippen LogP contribution is 2.38. The summed E-state index contributed by atoms with van der Waals surface area (Å²) in [5.74, 6) is 2.43. The molecule has 0 amide bonds. The summed E-state index contributed by atoms with van der Waals surface area (Å²) in [5.41, 5.74) is 2.26. The van der Waals surface area contributed by atoms with Crippen molar-refractivity contribution in [1.29, 1.82) is 0 Å². The smallest absolute Gasteiger partial charge is 0.165 e. The Hall–Kier alpha value is -2.78. The van der Waals surface area contributed by atoms with Crippen LogP contribution in [-0.4, -0.2) is 36.2 Å². The summed E-state index contributed by atoms with van der Waals surface area (Å²) in [6.07, 6.45) is 7.24. The molecule has 0 saturated carbocycles. The standard InChI is InChI=1S/C20H22N6O2S/c1-13-4-5-26(15(7-13)16-3-2-6-28-16)20-18-19(21-11-22-20)25(12-23-18)8-17-24-14(9-27)10-29-17/h2-3,6,10-13,15,27H,4-5,7-9H2,1H3/t13-,15-/m1/s1. The average molecular weight is 411 g/mol. The summed E-state index contributed by atoms with van der Waals surface area (Å²) in [6.45, 7) is 3.70. The maximum atomic E-state index is 9.24. The maximum Gasteiger partial charge on any atom is 0.165 e. The predicted molar refractivity (Wildman–Crippen MR) is 110 cm³/mol. The summed E-state index contributed by atoms with van der Waals surface area (Å²) in [7, 11) is 0. The van der Waals surface area contributed by atoms with Crippen molar-refractivity contribution >= 4 is 28.3 Å². The molecule has 29 heavy (non-hydrogen) atoms. The van der Waals surface area contributed by atoms with Crippen molar-refractivity contribution in [3.8, 4) is 0 Å². The quantitative estimate of drug-likeness (QED) is 0.539. The van der Waals surface area contributed by atoms with E-state index in [-0.39, 0.29) is 12.6 Å². The number of aliphatic hydroxyl groups is 1. The van der Waals surface area contributed by atoms with Crippen molar-refractivity contribution in [3.63, 3.8) is 0 Å². The predicted octanol–water partition coefficient (Wildman–Crippen LogP) is 3.39. The van der Waals surface area contributed by atoms with Crippen molar-refractivity contribution in [2.24, 2.45) is 5.92 Å². The Morgan fingerprint density at radius 2 is 2.24 bits per heavy atom. The number of rotatable bonds is 5. The average Bonchev–Trinajstić information content (AvgIpc) is 3.49. The van der Waals surface area contributed by atoms with E-state index in [1.54, 1.807) is 18.9 Å². The monoisotopic (exact) mass is 410 g/mol. The molecule has 1 saturated heterocycles. The lowest BCUT2D eigenvalue weighted by molar-refractivity contribution is 0.277. The summed E-state index contributed by atoms with van der Waals surface area (Å²) in [4.78, 5) is 20.5. The third-order valence-corrected chi connectivity index (χ3v) is 6.34. The van der Waals surface area contributed by atoms with Crippen LogP contribution in [0.1, 0.15) is 42.3 Å². The zero-order chi connectivity index (χ0) is 19.8. The number of hydrogen-bond acceptors (Lipinski definition) is 8. The lowest BCUT2D eigenvalue weighted by atomic mass is 9.91. The van der Waals surface area contributed by atoms with Crippen molar-refractivity contribution in [2.45, 2.75) is 39.0 Å². The summed E-state index contributed by atoms with van der Waals surface area (Å²) in [6, 6.07) is 4.11. The second kappa shape index (κ2) is 7.57. The van der Waals surface area contributed by atoms with Gasteiger partial charge in [0.25, 0.3) is 0 Å². The third-order valence-electron chi connectivity index (χ3n) is 5.46. The normalized spacial score (nSPS) is 19.9. The van der Waals surface area contributed by atoms with Gasteiger partial charge in [0.2, 0.25) is 0 Å². The first-order valence-electron chi connectivity index (χ1n) is 9.73. The van der Waals surface area contributed by atoms with Gasteiger partial charge in [-0.25, -0.2) is 19.9 Å². The fraction of sp³-hybridized carbons (Fsp3) is 0.400. The first kappa shape index (κ1) is 18.3. The zero-order valence-corrected chi connectivity index (χ0v) is 16.9. The molecule has 1 N–H and O–H groups in total. The van der Waals surface area contributed by atoms with E-state index < -0.39 is 0 Å². The largest absolute Gasteiger partial charge is 0.467 e. The number of thiazole rings is 1. The molecule has 1 aliphatic heterocycles. The van der Waals surface area contributed by atoms with E-state index in [1.165, 1.54) is 11.3 Å². The molecule has 5 rings (SSSR count). The SMILES string of the molecule is C[C@@H]1CCN(c2ncnc3c2ncn3Cc2nc(CO)cs2)[C@@H](c2ccco2)C1. The molecule has 4 aromatic rings. The van der Waals surface area contributed by atoms with Crippen molar-refractivity contribution in [2.75, 3.05) is 11.4 Å². The van der Waals surface area contributed by atoms with Gasteiger partial charge in [0.1, 0.15) is 17.1 Å². The van der Waals surface area contributed by atoms with Gasteiger partial charge in [-0.1, -0.05) is 6.92 Å². The Morgan fingerprint density at radius 1 is 1.31 bits per heavy atom. The van der Waals surface area contributed by atoms with Gasteiger partial charge in [0, 0.05) is 11.9 Å². The van der Waals surface area contributed by atoms with Crippen LogP contribution in [0.25, 0.3) is 11.2 Å². The Bertz CT molecular complexity index is 1110. The number of piperidine rings is 1. The number of hydrogen-bond donors (Lipinski definition) is 1. The zero-order valence-electron chi connectivity index (χ0n) is 16.1. The summed E-state index contributed by atoms with van der Waals surface area (Å²) < 4.78 is 7.73. The van der Waals surface area contributed by atoms with Gasteiger partial charge in [0.05, 0.1) is 37.5 Å². The van der Waals surface area contributed by atoms with Gasteiger partial charge in [-0.15, -0.1) is 11.3 Å². The van der Waals surface area contributed by atoms with Crippen LogP contribution >= 0.6 is 11.3 Å². The highest BCUT2D eigenvalue weighted by molar-refractivity contribution is 7.09. The summed E-state index contributed by atoms with van der Waals surface area (Å²) >= 11 is 1.53. The Kier molecular flexibility index (Phi) is 4.76. The van der Waals surface area contributed by atoms with Crippen molar-refractivity contribution < 1.29 is 9.52 Å². The third kappa shape index (κ3) is 3.40. The molecular weight excluding hydrogens is 388 g/mol. The number of aromatic nitrogens is 5. The van der Waals surface area contributed by atoms with Gasteiger partial charge in [0.15, 0.2) is 17.0 Å². The fourth-order valence-electron chi connectivity index (χ4n) is 3.98. The van der Waals surface area contributed by atoms with Gasteiger partial charge >= 0.3 is 0 Å². The van der Waals surface area contributed by atoms with E-state index in [4.69, 9.17) is 4.42 Å². The van der Waals surface area contributed by atoms with Crippen LogP contribution in [0.3, 0.4) is 0 Å². The van der Waals surface area contributed by atoms with Crippen LogP contribution < -0.4 is 4.90 Å². The number of fused-ring (bicyclic) bond motifs is 1.